The van der Waals surface area contributed by atoms with Crippen LogP contribution in [0.3, 0.4) is 0 Å². The van der Waals surface area contributed by atoms with Gasteiger partial charge in [0.1, 0.15) is 11.8 Å². The van der Waals surface area contributed by atoms with Crippen LogP contribution in [0, 0.1) is 17.2 Å². The molecule has 0 aliphatic carbocycles. The van der Waals surface area contributed by atoms with E-state index in [9.17, 15) is 18.0 Å². The number of carbonyl (C=O) groups excluding carboxylic acids is 1. The molecule has 3 rings (SSSR count). The highest BCUT2D eigenvalue weighted by Crippen LogP contribution is 2.31. The first-order valence-electron chi connectivity index (χ1n) is 9.05. The van der Waals surface area contributed by atoms with Crippen molar-refractivity contribution >= 4 is 23.3 Å². The van der Waals surface area contributed by atoms with Gasteiger partial charge >= 0.3 is 6.36 Å². The molecule has 0 spiro atoms. The summed E-state index contributed by atoms with van der Waals surface area (Å²) in [5, 5.41) is 18.8. The van der Waals surface area contributed by atoms with Crippen LogP contribution in [0.4, 0.5) is 19.0 Å². The van der Waals surface area contributed by atoms with Crippen molar-refractivity contribution in [1.82, 2.24) is 15.1 Å². The third kappa shape index (κ3) is 6.05. The van der Waals surface area contributed by atoms with E-state index in [0.717, 1.165) is 5.56 Å². The molecule has 0 atom stereocenters. The monoisotopic (exact) mass is 439 g/mol. The largest absolute Gasteiger partial charge is 0.573 e. The Morgan fingerprint density at radius 2 is 2.00 bits per heavy atom. The Morgan fingerprint density at radius 1 is 1.27 bits per heavy atom. The third-order valence-electron chi connectivity index (χ3n) is 4.62. The Morgan fingerprint density at radius 3 is 2.57 bits per heavy atom. The van der Waals surface area contributed by atoms with Gasteiger partial charge in [0.05, 0.1) is 5.02 Å². The highest BCUT2D eigenvalue weighted by atomic mass is 35.5. The van der Waals surface area contributed by atoms with E-state index < -0.39 is 12.1 Å². The van der Waals surface area contributed by atoms with E-state index in [2.05, 4.69) is 25.2 Å². The first-order chi connectivity index (χ1) is 14.2. The average molecular weight is 440 g/mol. The normalized spacial score (nSPS) is 15.4. The molecule has 2 aromatic rings. The van der Waals surface area contributed by atoms with Gasteiger partial charge in [-0.05, 0) is 55.8 Å². The zero-order valence-corrected chi connectivity index (χ0v) is 16.4. The fourth-order valence-electron chi connectivity index (χ4n) is 3.15. The lowest BCUT2D eigenvalue weighted by atomic mass is 9.95. The maximum absolute atomic E-state index is 12.4. The first kappa shape index (κ1) is 21.8. The van der Waals surface area contributed by atoms with Crippen molar-refractivity contribution in [3.05, 3.63) is 46.6 Å². The summed E-state index contributed by atoms with van der Waals surface area (Å²) < 4.78 is 40.8. The number of benzene rings is 1. The van der Waals surface area contributed by atoms with Crippen molar-refractivity contribution < 1.29 is 22.7 Å². The van der Waals surface area contributed by atoms with Crippen LogP contribution in [-0.2, 0) is 11.3 Å². The van der Waals surface area contributed by atoms with E-state index in [-0.39, 0.29) is 28.4 Å². The number of hydrogen-bond donors (Lipinski definition) is 1. The highest BCUT2D eigenvalue weighted by Gasteiger charge is 2.32. The average Bonchev–Trinajstić information content (AvgIpc) is 2.70. The lowest BCUT2D eigenvalue weighted by Gasteiger charge is -2.31. The second-order valence-corrected chi connectivity index (χ2v) is 7.18. The topological polar surface area (TPSA) is 91.1 Å². The zero-order chi connectivity index (χ0) is 21.7. The summed E-state index contributed by atoms with van der Waals surface area (Å²) in [6.45, 7) is 1.80. The first-order valence-corrected chi connectivity index (χ1v) is 9.42. The SMILES string of the molecule is N#Cc1ccc(NC(=O)C2CCN(Cc3ccc(OC(F)(F)F)c(Cl)c3)CC2)nn1. The van der Waals surface area contributed by atoms with Crippen molar-refractivity contribution in [2.24, 2.45) is 5.92 Å². The molecule has 1 amide bonds. The molecule has 0 unspecified atom stereocenters. The van der Waals surface area contributed by atoms with Crippen molar-refractivity contribution in [3.63, 3.8) is 0 Å². The van der Waals surface area contributed by atoms with E-state index in [4.69, 9.17) is 16.9 Å². The van der Waals surface area contributed by atoms with Gasteiger partial charge in [-0.2, -0.15) is 5.26 Å². The molecule has 158 valence electrons. The number of likely N-dealkylation sites (tertiary alicyclic amines) is 1. The Kier molecular flexibility index (Phi) is 6.74. The smallest absolute Gasteiger partial charge is 0.404 e. The molecule has 1 fully saturated rings. The minimum Gasteiger partial charge on any atom is -0.404 e. The number of anilines is 1. The van der Waals surface area contributed by atoms with E-state index in [1.165, 1.54) is 30.3 Å². The van der Waals surface area contributed by atoms with Gasteiger partial charge in [-0.1, -0.05) is 17.7 Å². The number of piperidine rings is 1. The number of aromatic nitrogens is 2. The van der Waals surface area contributed by atoms with Crippen LogP contribution in [0.15, 0.2) is 30.3 Å². The van der Waals surface area contributed by atoms with E-state index >= 15 is 0 Å². The van der Waals surface area contributed by atoms with Crippen LogP contribution in [0.2, 0.25) is 5.02 Å². The minimum atomic E-state index is -4.79. The molecule has 1 N–H and O–H groups in total. The maximum atomic E-state index is 12.4. The second-order valence-electron chi connectivity index (χ2n) is 6.77. The predicted molar refractivity (Wildman–Crippen MR) is 102 cm³/mol. The molecule has 1 saturated heterocycles. The molecule has 7 nitrogen and oxygen atoms in total. The number of nitrogens with one attached hydrogen (secondary N) is 1. The van der Waals surface area contributed by atoms with Crippen molar-refractivity contribution in [2.45, 2.75) is 25.7 Å². The molecule has 1 aliphatic rings. The van der Waals surface area contributed by atoms with E-state index in [1.807, 2.05) is 6.07 Å². The summed E-state index contributed by atoms with van der Waals surface area (Å²) in [5.74, 6) is -0.498. The van der Waals surface area contributed by atoms with Crippen LogP contribution in [0.1, 0.15) is 24.1 Å². The van der Waals surface area contributed by atoms with Crippen LogP contribution in [0.25, 0.3) is 0 Å². The Balaban J connectivity index is 1.50. The summed E-state index contributed by atoms with van der Waals surface area (Å²) in [6.07, 6.45) is -3.55. The standard InChI is InChI=1S/C19H17ClF3N5O2/c20-15-9-12(1-3-16(15)30-19(21,22)23)11-28-7-5-13(6-8-28)18(29)25-17-4-2-14(10-24)26-27-17/h1-4,9,13H,5-8,11H2,(H,25,27,29). The molecule has 0 radical (unpaired) electrons. The van der Waals surface area contributed by atoms with E-state index in [0.29, 0.717) is 32.5 Å². The molecule has 0 bridgehead atoms. The van der Waals surface area contributed by atoms with Crippen LogP contribution in [-0.4, -0.2) is 40.5 Å². The van der Waals surface area contributed by atoms with Crippen LogP contribution in [0.5, 0.6) is 5.75 Å². The zero-order valence-electron chi connectivity index (χ0n) is 15.6. The highest BCUT2D eigenvalue weighted by molar-refractivity contribution is 6.32. The maximum Gasteiger partial charge on any atom is 0.573 e. The number of alkyl halides is 3. The molecule has 1 aromatic heterocycles. The third-order valence-corrected chi connectivity index (χ3v) is 4.91. The quantitative estimate of drug-likeness (QED) is 0.763. The summed E-state index contributed by atoms with van der Waals surface area (Å²) in [7, 11) is 0. The number of hydrogen-bond acceptors (Lipinski definition) is 6. The summed E-state index contributed by atoms with van der Waals surface area (Å²) in [5.41, 5.74) is 0.921. The Labute approximate surface area is 175 Å². The number of carbonyl (C=O) groups is 1. The Hall–Kier alpha value is -2.90. The predicted octanol–water partition coefficient (Wildman–Crippen LogP) is 3.75. The van der Waals surface area contributed by atoms with Gasteiger partial charge in [0.25, 0.3) is 0 Å². The summed E-state index contributed by atoms with van der Waals surface area (Å²) in [4.78, 5) is 14.5. The number of nitrogens with zero attached hydrogens (tertiary/aromatic N) is 4. The fraction of sp³-hybridized carbons (Fsp3) is 0.368. The molecule has 1 aromatic carbocycles. The second kappa shape index (κ2) is 9.28. The number of halogens is 4. The molecular weight excluding hydrogens is 423 g/mol. The van der Waals surface area contributed by atoms with Gasteiger partial charge in [0.15, 0.2) is 11.5 Å². The number of amides is 1. The number of nitriles is 1. The van der Waals surface area contributed by atoms with E-state index in [1.54, 1.807) is 0 Å². The van der Waals surface area contributed by atoms with Gasteiger partial charge in [-0.3, -0.25) is 9.69 Å². The molecular formula is C19H17ClF3N5O2. The molecule has 0 saturated carbocycles. The number of ether oxygens (including phenoxy) is 1. The van der Waals surface area contributed by atoms with Gasteiger partial charge in [0, 0.05) is 12.5 Å². The van der Waals surface area contributed by atoms with Crippen molar-refractivity contribution in [2.75, 3.05) is 18.4 Å². The Bertz CT molecular complexity index is 939. The fourth-order valence-corrected chi connectivity index (χ4v) is 3.39. The summed E-state index contributed by atoms with van der Waals surface area (Å²) >= 11 is 5.89. The van der Waals surface area contributed by atoms with Gasteiger partial charge < -0.3 is 10.1 Å². The molecule has 30 heavy (non-hydrogen) atoms. The minimum absolute atomic E-state index is 0.109. The van der Waals surface area contributed by atoms with Crippen molar-refractivity contribution in [1.29, 1.82) is 5.26 Å². The number of rotatable bonds is 5. The lowest BCUT2D eigenvalue weighted by molar-refractivity contribution is -0.274. The molecule has 1 aliphatic heterocycles. The van der Waals surface area contributed by atoms with Crippen LogP contribution < -0.4 is 10.1 Å². The lowest BCUT2D eigenvalue weighted by Crippen LogP contribution is -2.37. The molecule has 11 heteroatoms. The van der Waals surface area contributed by atoms with Crippen molar-refractivity contribution in [3.8, 4) is 11.8 Å². The van der Waals surface area contributed by atoms with Crippen LogP contribution >= 0.6 is 11.6 Å². The van der Waals surface area contributed by atoms with Gasteiger partial charge in [0.2, 0.25) is 5.91 Å². The van der Waals surface area contributed by atoms with Gasteiger partial charge in [-0.25, -0.2) is 0 Å². The molecule has 2 heterocycles. The summed E-state index contributed by atoms with van der Waals surface area (Å²) in [6, 6.07) is 9.04. The van der Waals surface area contributed by atoms with Gasteiger partial charge in [-0.15, -0.1) is 23.4 Å².